The van der Waals surface area contributed by atoms with Crippen molar-refractivity contribution in [3.8, 4) is 5.75 Å². The maximum absolute atomic E-state index is 13.3. The smallest absolute Gasteiger partial charge is 0.381 e. The lowest BCUT2D eigenvalue weighted by atomic mass is 9.87. The molecular weight excluding hydrogens is 235 g/mol. The molecule has 0 aliphatic heterocycles. The van der Waals surface area contributed by atoms with Crippen molar-refractivity contribution < 1.29 is 18.7 Å². The second-order valence-electron chi connectivity index (χ2n) is 4.96. The minimum atomic E-state index is -2.08. The van der Waals surface area contributed by atoms with E-state index in [2.05, 4.69) is 25.5 Å². The zero-order valence-electron chi connectivity index (χ0n) is 11.2. The molecule has 0 saturated carbocycles. The maximum Gasteiger partial charge on any atom is 0.381 e. The number of hydrogen-bond donors (Lipinski definition) is 0. The Morgan fingerprint density at radius 1 is 1.28 bits per heavy atom. The van der Waals surface area contributed by atoms with Crippen molar-refractivity contribution in [3.05, 3.63) is 29.8 Å². The van der Waals surface area contributed by atoms with E-state index in [1.807, 2.05) is 12.1 Å². The van der Waals surface area contributed by atoms with Gasteiger partial charge in [-0.05, 0) is 30.0 Å². The van der Waals surface area contributed by atoms with Crippen molar-refractivity contribution >= 4 is 5.97 Å². The molecule has 0 spiro atoms. The van der Waals surface area contributed by atoms with Gasteiger partial charge in [0.1, 0.15) is 5.75 Å². The molecule has 0 amide bonds. The normalized spacial score (nSPS) is 12.9. The number of hydrogen-bond acceptors (Lipinski definition) is 3. The van der Waals surface area contributed by atoms with Gasteiger partial charge in [-0.3, -0.25) is 0 Å². The van der Waals surface area contributed by atoms with Gasteiger partial charge in [0, 0.05) is 0 Å². The summed E-state index contributed by atoms with van der Waals surface area (Å²) >= 11 is 0. The third-order valence-corrected chi connectivity index (χ3v) is 2.43. The van der Waals surface area contributed by atoms with Gasteiger partial charge >= 0.3 is 12.3 Å². The van der Waals surface area contributed by atoms with E-state index in [4.69, 9.17) is 4.74 Å². The Balaban J connectivity index is 2.67. The highest BCUT2D eigenvalue weighted by Crippen LogP contribution is 2.24. The molecule has 0 aliphatic carbocycles. The van der Waals surface area contributed by atoms with Gasteiger partial charge in [-0.2, -0.15) is 4.39 Å². The monoisotopic (exact) mass is 254 g/mol. The minimum absolute atomic E-state index is 0.0226. The van der Waals surface area contributed by atoms with Crippen LogP contribution in [0.1, 0.15) is 33.3 Å². The lowest BCUT2D eigenvalue weighted by Gasteiger charge is -2.19. The Hall–Kier alpha value is -1.58. The average Bonchev–Trinajstić information content (AvgIpc) is 2.28. The number of alkyl halides is 1. The molecule has 0 saturated heterocycles. The number of esters is 1. The molecule has 100 valence electrons. The second kappa shape index (κ2) is 5.85. The van der Waals surface area contributed by atoms with Gasteiger partial charge in [0.25, 0.3) is 0 Å². The van der Waals surface area contributed by atoms with Crippen LogP contribution in [0.3, 0.4) is 0 Å². The van der Waals surface area contributed by atoms with Crippen molar-refractivity contribution in [1.29, 1.82) is 0 Å². The first kappa shape index (κ1) is 14.5. The molecular formula is C14H19FO3. The van der Waals surface area contributed by atoms with Gasteiger partial charge in [0.15, 0.2) is 0 Å². The number of carbonyl (C=O) groups is 1. The first-order chi connectivity index (χ1) is 8.34. The summed E-state index contributed by atoms with van der Waals surface area (Å²) < 4.78 is 22.7. The van der Waals surface area contributed by atoms with E-state index in [9.17, 15) is 9.18 Å². The fourth-order valence-electron chi connectivity index (χ4n) is 1.41. The molecule has 0 aromatic heterocycles. The summed E-state index contributed by atoms with van der Waals surface area (Å²) in [6.45, 7) is 7.99. The molecule has 3 nitrogen and oxygen atoms in total. The van der Waals surface area contributed by atoms with Crippen LogP contribution in [0.5, 0.6) is 5.75 Å². The molecule has 0 heterocycles. The summed E-state index contributed by atoms with van der Waals surface area (Å²) in [5.74, 6) is -0.694. The quantitative estimate of drug-likeness (QED) is 0.774. The lowest BCUT2D eigenvalue weighted by Crippen LogP contribution is -2.24. The predicted molar refractivity (Wildman–Crippen MR) is 67.3 cm³/mol. The largest absolute Gasteiger partial charge is 0.461 e. The summed E-state index contributed by atoms with van der Waals surface area (Å²) in [6, 6.07) is 7.00. The topological polar surface area (TPSA) is 35.5 Å². The number of ether oxygens (including phenoxy) is 2. The van der Waals surface area contributed by atoms with E-state index in [0.29, 0.717) is 5.75 Å². The number of halogens is 1. The molecule has 1 unspecified atom stereocenters. The van der Waals surface area contributed by atoms with E-state index >= 15 is 0 Å². The number of carbonyl (C=O) groups excluding carboxylic acids is 1. The molecule has 1 rings (SSSR count). The van der Waals surface area contributed by atoms with E-state index in [0.717, 1.165) is 5.56 Å². The Bertz CT molecular complexity index is 392. The van der Waals surface area contributed by atoms with Crippen LogP contribution in [0.2, 0.25) is 0 Å². The third kappa shape index (κ3) is 4.02. The van der Waals surface area contributed by atoms with Crippen LogP contribution in [0.25, 0.3) is 0 Å². The van der Waals surface area contributed by atoms with E-state index in [-0.39, 0.29) is 12.0 Å². The van der Waals surface area contributed by atoms with Crippen LogP contribution < -0.4 is 4.74 Å². The van der Waals surface area contributed by atoms with Gasteiger partial charge in [0.05, 0.1) is 6.61 Å². The molecule has 1 atom stereocenters. The molecule has 1 aromatic rings. The highest BCUT2D eigenvalue weighted by atomic mass is 19.1. The van der Waals surface area contributed by atoms with Gasteiger partial charge in [-0.1, -0.05) is 32.9 Å². The minimum Gasteiger partial charge on any atom is -0.461 e. The van der Waals surface area contributed by atoms with Crippen molar-refractivity contribution in [2.45, 2.75) is 39.5 Å². The number of benzene rings is 1. The van der Waals surface area contributed by atoms with E-state index in [1.54, 1.807) is 19.1 Å². The highest BCUT2D eigenvalue weighted by molar-refractivity contribution is 5.73. The van der Waals surface area contributed by atoms with Crippen LogP contribution in [0.4, 0.5) is 4.39 Å². The van der Waals surface area contributed by atoms with Crippen molar-refractivity contribution in [3.63, 3.8) is 0 Å². The Morgan fingerprint density at radius 2 is 1.83 bits per heavy atom. The van der Waals surface area contributed by atoms with Crippen LogP contribution in [-0.2, 0) is 14.9 Å². The second-order valence-corrected chi connectivity index (χ2v) is 4.96. The zero-order valence-corrected chi connectivity index (χ0v) is 11.2. The summed E-state index contributed by atoms with van der Waals surface area (Å²) in [5.41, 5.74) is 1.14. The first-order valence-corrected chi connectivity index (χ1v) is 5.92. The van der Waals surface area contributed by atoms with Crippen molar-refractivity contribution in [2.24, 2.45) is 0 Å². The summed E-state index contributed by atoms with van der Waals surface area (Å²) in [6.07, 6.45) is -2.08. The van der Waals surface area contributed by atoms with Crippen LogP contribution in [-0.4, -0.2) is 18.9 Å². The Labute approximate surface area is 107 Å². The molecule has 0 bridgehead atoms. The molecule has 0 N–H and O–H groups in total. The van der Waals surface area contributed by atoms with E-state index < -0.39 is 12.3 Å². The molecule has 0 radical (unpaired) electrons. The molecule has 18 heavy (non-hydrogen) atoms. The fraction of sp³-hybridized carbons (Fsp3) is 0.500. The number of rotatable bonds is 4. The van der Waals surface area contributed by atoms with Crippen LogP contribution in [0.15, 0.2) is 24.3 Å². The van der Waals surface area contributed by atoms with Gasteiger partial charge < -0.3 is 9.47 Å². The van der Waals surface area contributed by atoms with Crippen molar-refractivity contribution in [1.82, 2.24) is 0 Å². The van der Waals surface area contributed by atoms with Gasteiger partial charge in [-0.15, -0.1) is 0 Å². The van der Waals surface area contributed by atoms with Crippen molar-refractivity contribution in [2.75, 3.05) is 6.61 Å². The van der Waals surface area contributed by atoms with E-state index in [1.165, 1.54) is 0 Å². The zero-order chi connectivity index (χ0) is 13.8. The first-order valence-electron chi connectivity index (χ1n) is 5.92. The average molecular weight is 254 g/mol. The summed E-state index contributed by atoms with van der Waals surface area (Å²) in [5, 5.41) is 0. The SMILES string of the molecule is CCOC(=O)C(F)Oc1ccc(C(C)(C)C)cc1. The Kier molecular flexibility index (Phi) is 4.70. The Morgan fingerprint density at radius 3 is 2.28 bits per heavy atom. The fourth-order valence-corrected chi connectivity index (χ4v) is 1.41. The predicted octanol–water partition coefficient (Wildman–Crippen LogP) is 3.22. The van der Waals surface area contributed by atoms with Crippen LogP contribution in [0, 0.1) is 0 Å². The summed E-state index contributed by atoms with van der Waals surface area (Å²) in [7, 11) is 0. The molecule has 0 aliphatic rings. The standard InChI is InChI=1S/C14H19FO3/c1-5-17-13(16)12(15)18-11-8-6-10(7-9-11)14(2,3)4/h6-9,12H,5H2,1-4H3. The molecule has 0 fully saturated rings. The lowest BCUT2D eigenvalue weighted by molar-refractivity contribution is -0.159. The highest BCUT2D eigenvalue weighted by Gasteiger charge is 2.20. The molecule has 1 aromatic carbocycles. The van der Waals surface area contributed by atoms with Gasteiger partial charge in [-0.25, -0.2) is 4.79 Å². The third-order valence-electron chi connectivity index (χ3n) is 2.43. The molecule has 4 heteroatoms. The maximum atomic E-state index is 13.3. The van der Waals surface area contributed by atoms with Gasteiger partial charge in [0.2, 0.25) is 0 Å². The van der Waals surface area contributed by atoms with Crippen LogP contribution >= 0.6 is 0 Å². The summed E-state index contributed by atoms with van der Waals surface area (Å²) in [4.78, 5) is 11.1.